The van der Waals surface area contributed by atoms with Crippen LogP contribution in [0.4, 0.5) is 21.0 Å². The van der Waals surface area contributed by atoms with Gasteiger partial charge in [0.05, 0.1) is 6.54 Å². The van der Waals surface area contributed by atoms with Crippen molar-refractivity contribution in [2.75, 3.05) is 17.7 Å². The topological polar surface area (TPSA) is 106 Å². The zero-order chi connectivity index (χ0) is 21.7. The fraction of sp³-hybridized carbons (Fsp3) is 0.526. The predicted molar refractivity (Wildman–Crippen MR) is 114 cm³/mol. The Morgan fingerprint density at radius 1 is 1.07 bits per heavy atom. The molecule has 0 fully saturated rings. The Morgan fingerprint density at radius 3 is 1.96 bits per heavy atom. The lowest BCUT2D eigenvalue weighted by atomic mass is 10.1. The molecule has 0 spiro atoms. The molecule has 0 atom stereocenters. The first-order valence-electron chi connectivity index (χ1n) is 8.82. The van der Waals surface area contributed by atoms with Crippen LogP contribution >= 0.6 is 12.2 Å². The number of hydrogen-bond acceptors (Lipinski definition) is 6. The van der Waals surface area contributed by atoms with E-state index in [1.807, 2.05) is 0 Å². The maximum atomic E-state index is 12.7. The molecule has 28 heavy (non-hydrogen) atoms. The number of benzene rings is 1. The highest BCUT2D eigenvalue weighted by molar-refractivity contribution is 7.80. The number of imide groups is 1. The van der Waals surface area contributed by atoms with Gasteiger partial charge in [0, 0.05) is 18.4 Å². The normalized spacial score (nSPS) is 11.4. The van der Waals surface area contributed by atoms with Crippen LogP contribution in [0.25, 0.3) is 0 Å². The molecule has 9 heteroatoms. The maximum Gasteiger partial charge on any atom is 0.420 e. The summed E-state index contributed by atoms with van der Waals surface area (Å²) in [5.41, 5.74) is 6.01. The van der Waals surface area contributed by atoms with Gasteiger partial charge in [-0.15, -0.1) is 0 Å². The van der Waals surface area contributed by atoms with E-state index >= 15 is 0 Å². The van der Waals surface area contributed by atoms with Crippen molar-refractivity contribution in [2.45, 2.75) is 59.3 Å². The second-order valence-electron chi connectivity index (χ2n) is 8.16. The van der Waals surface area contributed by atoms with E-state index in [0.29, 0.717) is 11.3 Å². The summed E-state index contributed by atoms with van der Waals surface area (Å²) in [4.78, 5) is 26.3. The second-order valence-corrected chi connectivity index (χ2v) is 8.60. The largest absolute Gasteiger partial charge is 0.443 e. The van der Waals surface area contributed by atoms with E-state index in [2.05, 4.69) is 10.6 Å². The highest BCUT2D eigenvalue weighted by atomic mass is 32.1. The number of carbonyl (C=O) groups is 2. The van der Waals surface area contributed by atoms with Crippen LogP contribution in [-0.4, -0.2) is 40.4 Å². The van der Waals surface area contributed by atoms with Crippen LogP contribution in [0, 0.1) is 0 Å². The lowest BCUT2D eigenvalue weighted by Crippen LogP contribution is -2.43. The molecule has 2 amide bonds. The Kier molecular flexibility index (Phi) is 7.63. The van der Waals surface area contributed by atoms with Crippen molar-refractivity contribution in [3.63, 3.8) is 0 Å². The molecule has 0 aliphatic rings. The van der Waals surface area contributed by atoms with Gasteiger partial charge < -0.3 is 25.8 Å². The monoisotopic (exact) mass is 410 g/mol. The zero-order valence-corrected chi connectivity index (χ0v) is 18.3. The number of anilines is 2. The van der Waals surface area contributed by atoms with Gasteiger partial charge in [-0.1, -0.05) is 0 Å². The number of ether oxygens (including phenoxy) is 2. The summed E-state index contributed by atoms with van der Waals surface area (Å²) in [6.07, 6.45) is -1.59. The Morgan fingerprint density at radius 2 is 1.57 bits per heavy atom. The predicted octanol–water partition coefficient (Wildman–Crippen LogP) is 4.06. The molecule has 1 rings (SSSR count). The van der Waals surface area contributed by atoms with Crippen LogP contribution in [0.3, 0.4) is 0 Å². The third-order valence-corrected chi connectivity index (χ3v) is 3.30. The summed E-state index contributed by atoms with van der Waals surface area (Å²) in [5.74, 6) is 0. The molecule has 0 aromatic heterocycles. The molecule has 0 saturated carbocycles. The van der Waals surface area contributed by atoms with Gasteiger partial charge in [-0.2, -0.15) is 0 Å². The first kappa shape index (κ1) is 23.5. The van der Waals surface area contributed by atoms with Crippen molar-refractivity contribution in [1.29, 1.82) is 0 Å². The maximum absolute atomic E-state index is 12.7. The fourth-order valence-electron chi connectivity index (χ4n) is 2.20. The molecular formula is C19H30N4O4S. The van der Waals surface area contributed by atoms with Gasteiger partial charge >= 0.3 is 12.2 Å². The highest BCUT2D eigenvalue weighted by Gasteiger charge is 2.31. The minimum atomic E-state index is -0.795. The molecule has 1 aromatic rings. The fourth-order valence-corrected chi connectivity index (χ4v) is 2.31. The summed E-state index contributed by atoms with van der Waals surface area (Å²) in [7, 11) is 1.74. The summed E-state index contributed by atoms with van der Waals surface area (Å²) < 4.78 is 10.8. The van der Waals surface area contributed by atoms with E-state index in [-0.39, 0.29) is 11.7 Å². The van der Waals surface area contributed by atoms with Gasteiger partial charge in [0.2, 0.25) is 0 Å². The Balaban J connectivity index is 3.25. The molecule has 8 nitrogen and oxygen atoms in total. The van der Waals surface area contributed by atoms with Crippen LogP contribution in [0.1, 0.15) is 47.1 Å². The minimum Gasteiger partial charge on any atom is -0.443 e. The second kappa shape index (κ2) is 9.09. The van der Waals surface area contributed by atoms with Gasteiger partial charge in [-0.05, 0) is 77.5 Å². The number of amides is 2. The van der Waals surface area contributed by atoms with Crippen molar-refractivity contribution >= 4 is 40.9 Å². The van der Waals surface area contributed by atoms with Crippen molar-refractivity contribution in [2.24, 2.45) is 5.73 Å². The third kappa shape index (κ3) is 7.99. The van der Waals surface area contributed by atoms with Crippen LogP contribution in [0.2, 0.25) is 0 Å². The van der Waals surface area contributed by atoms with Crippen molar-refractivity contribution < 1.29 is 19.1 Å². The molecule has 0 unspecified atom stereocenters. The number of thiocarbonyl (C=S) groups is 1. The van der Waals surface area contributed by atoms with Crippen LogP contribution < -0.4 is 16.4 Å². The van der Waals surface area contributed by atoms with Crippen molar-refractivity contribution in [3.8, 4) is 0 Å². The van der Waals surface area contributed by atoms with Gasteiger partial charge in [0.25, 0.3) is 0 Å². The molecule has 0 radical (unpaired) electrons. The first-order valence-corrected chi connectivity index (χ1v) is 9.23. The van der Waals surface area contributed by atoms with E-state index < -0.39 is 23.4 Å². The van der Waals surface area contributed by atoms with Gasteiger partial charge in [-0.25, -0.2) is 14.5 Å². The van der Waals surface area contributed by atoms with Crippen molar-refractivity contribution in [3.05, 3.63) is 23.8 Å². The molecule has 1 aromatic carbocycles. The number of rotatable bonds is 4. The lowest BCUT2D eigenvalue weighted by Gasteiger charge is -2.29. The SMILES string of the molecule is CNc1ccc(NC(N)=S)cc1CN(C(=O)OC(C)(C)C)C(=O)OC(C)(C)C. The Bertz CT molecular complexity index is 710. The van der Waals surface area contributed by atoms with Gasteiger partial charge in [0.1, 0.15) is 11.2 Å². The highest BCUT2D eigenvalue weighted by Crippen LogP contribution is 2.24. The van der Waals surface area contributed by atoms with E-state index in [1.165, 1.54) is 0 Å². The van der Waals surface area contributed by atoms with E-state index in [9.17, 15) is 9.59 Å². The van der Waals surface area contributed by atoms with Crippen LogP contribution in [0.15, 0.2) is 18.2 Å². The zero-order valence-electron chi connectivity index (χ0n) is 17.5. The molecule has 0 aliphatic carbocycles. The average molecular weight is 411 g/mol. The number of hydrogen-bond donors (Lipinski definition) is 3. The number of carbonyl (C=O) groups excluding carboxylic acids is 2. The quantitative estimate of drug-likeness (QED) is 0.638. The first-order chi connectivity index (χ1) is 12.7. The molecule has 0 aliphatic heterocycles. The molecule has 4 N–H and O–H groups in total. The standard InChI is InChI=1S/C19H30N4O4S/c1-18(2,3)26-16(24)23(17(25)27-19(4,5)6)11-12-10-13(22-15(20)28)8-9-14(12)21-7/h8-10,21H,11H2,1-7H3,(H3,20,22,28). The van der Waals surface area contributed by atoms with Crippen LogP contribution in [0.5, 0.6) is 0 Å². The van der Waals surface area contributed by atoms with E-state index in [1.54, 1.807) is 66.8 Å². The Labute approximate surface area is 171 Å². The molecule has 156 valence electrons. The molecule has 0 saturated heterocycles. The van der Waals surface area contributed by atoms with Crippen LogP contribution in [-0.2, 0) is 16.0 Å². The number of nitrogens with zero attached hydrogens (tertiary/aromatic N) is 1. The average Bonchev–Trinajstić information content (AvgIpc) is 2.48. The summed E-state index contributed by atoms with van der Waals surface area (Å²) in [6, 6.07) is 5.31. The lowest BCUT2D eigenvalue weighted by molar-refractivity contribution is -0.000202. The van der Waals surface area contributed by atoms with E-state index in [0.717, 1.165) is 10.6 Å². The van der Waals surface area contributed by atoms with Gasteiger partial charge in [-0.3, -0.25) is 0 Å². The number of nitrogens with one attached hydrogen (secondary N) is 2. The van der Waals surface area contributed by atoms with Gasteiger partial charge in [0.15, 0.2) is 5.11 Å². The van der Waals surface area contributed by atoms with Crippen molar-refractivity contribution in [1.82, 2.24) is 4.90 Å². The minimum absolute atomic E-state index is 0.0626. The molecular weight excluding hydrogens is 380 g/mol. The molecule has 0 bridgehead atoms. The smallest absolute Gasteiger partial charge is 0.420 e. The Hall–Kier alpha value is -2.55. The molecule has 0 heterocycles. The number of nitrogens with two attached hydrogens (primary N) is 1. The summed E-state index contributed by atoms with van der Waals surface area (Å²) >= 11 is 4.86. The third-order valence-electron chi connectivity index (χ3n) is 3.20. The van der Waals surface area contributed by atoms with E-state index in [4.69, 9.17) is 27.4 Å². The summed E-state index contributed by atoms with van der Waals surface area (Å²) in [6.45, 7) is 10.3. The summed E-state index contributed by atoms with van der Waals surface area (Å²) in [5, 5.41) is 5.98.